The van der Waals surface area contributed by atoms with E-state index >= 15 is 0 Å². The average molecular weight is 202 g/mol. The molecule has 0 unspecified atom stereocenters. The maximum atomic E-state index is 4.23. The molecule has 2 rings (SSSR count). The van der Waals surface area contributed by atoms with Gasteiger partial charge in [-0.1, -0.05) is 0 Å². The monoisotopic (exact) mass is 202 g/mol. The first kappa shape index (κ1) is 9.71. The Morgan fingerprint density at radius 3 is 2.87 bits per heavy atom. The molecule has 2 aromatic rings. The summed E-state index contributed by atoms with van der Waals surface area (Å²) in [7, 11) is 0. The topological polar surface area (TPSA) is 42.7 Å². The van der Waals surface area contributed by atoms with Crippen molar-refractivity contribution in [3.63, 3.8) is 0 Å². The molecule has 0 radical (unpaired) electrons. The molecule has 0 aliphatic carbocycles. The fraction of sp³-hybridized carbons (Fsp3) is 0.273. The summed E-state index contributed by atoms with van der Waals surface area (Å²) >= 11 is 0. The second-order valence-electron chi connectivity index (χ2n) is 3.35. The number of hydrogen-bond acceptors (Lipinski definition) is 3. The minimum atomic E-state index is 0.850. The summed E-state index contributed by atoms with van der Waals surface area (Å²) in [6.07, 6.45) is 5.54. The summed E-state index contributed by atoms with van der Waals surface area (Å²) in [5.74, 6) is 0.850. The molecule has 0 aliphatic heterocycles. The van der Waals surface area contributed by atoms with Gasteiger partial charge in [0.15, 0.2) is 0 Å². The first-order valence-corrected chi connectivity index (χ1v) is 5.00. The first-order chi connectivity index (χ1) is 7.29. The smallest absolute Gasteiger partial charge is 0.207 e. The highest BCUT2D eigenvalue weighted by Gasteiger charge is 2.00. The molecule has 0 fully saturated rings. The third kappa shape index (κ3) is 2.15. The second-order valence-corrected chi connectivity index (χ2v) is 3.35. The van der Waals surface area contributed by atoms with Crippen molar-refractivity contribution in [2.45, 2.75) is 20.4 Å². The van der Waals surface area contributed by atoms with Crippen LogP contribution in [0.2, 0.25) is 0 Å². The normalized spacial score (nSPS) is 10.3. The number of aromatic nitrogens is 3. The average Bonchev–Trinajstić information content (AvgIpc) is 2.69. The van der Waals surface area contributed by atoms with Crippen molar-refractivity contribution in [3.05, 3.63) is 36.4 Å². The molecule has 15 heavy (non-hydrogen) atoms. The van der Waals surface area contributed by atoms with Gasteiger partial charge in [0.25, 0.3) is 0 Å². The molecule has 4 heteroatoms. The van der Waals surface area contributed by atoms with E-state index in [1.807, 2.05) is 36.0 Å². The largest absolute Gasteiger partial charge is 0.324 e. The van der Waals surface area contributed by atoms with Gasteiger partial charge < -0.3 is 9.88 Å². The van der Waals surface area contributed by atoms with E-state index in [0.29, 0.717) is 0 Å². The summed E-state index contributed by atoms with van der Waals surface area (Å²) < 4.78 is 2.04. The van der Waals surface area contributed by atoms with Crippen LogP contribution in [0.25, 0.3) is 0 Å². The fourth-order valence-corrected chi connectivity index (χ4v) is 1.36. The van der Waals surface area contributed by atoms with Crippen LogP contribution in [0.4, 0.5) is 11.6 Å². The van der Waals surface area contributed by atoms with Crippen LogP contribution in [0, 0.1) is 6.92 Å². The molecule has 4 nitrogen and oxygen atoms in total. The number of hydrogen-bond donors (Lipinski definition) is 1. The Labute approximate surface area is 89.0 Å². The number of aryl methyl sites for hydroxylation is 2. The van der Waals surface area contributed by atoms with Gasteiger partial charge in [-0.3, -0.25) is 4.98 Å². The summed E-state index contributed by atoms with van der Waals surface area (Å²) in [5, 5.41) is 3.22. The second kappa shape index (κ2) is 4.13. The predicted molar refractivity (Wildman–Crippen MR) is 60.2 cm³/mol. The van der Waals surface area contributed by atoms with E-state index in [1.54, 1.807) is 6.20 Å². The maximum Gasteiger partial charge on any atom is 0.207 e. The van der Waals surface area contributed by atoms with Crippen LogP contribution < -0.4 is 5.32 Å². The van der Waals surface area contributed by atoms with Gasteiger partial charge in [0, 0.05) is 24.6 Å². The van der Waals surface area contributed by atoms with Crippen molar-refractivity contribution >= 4 is 11.6 Å². The number of imidazole rings is 1. The van der Waals surface area contributed by atoms with Crippen LogP contribution >= 0.6 is 0 Å². The van der Waals surface area contributed by atoms with Crippen LogP contribution in [0.15, 0.2) is 30.7 Å². The lowest BCUT2D eigenvalue weighted by Gasteiger charge is -2.07. The van der Waals surface area contributed by atoms with Gasteiger partial charge >= 0.3 is 0 Å². The zero-order valence-electron chi connectivity index (χ0n) is 8.94. The summed E-state index contributed by atoms with van der Waals surface area (Å²) in [5.41, 5.74) is 1.97. The fourth-order valence-electron chi connectivity index (χ4n) is 1.36. The van der Waals surface area contributed by atoms with Gasteiger partial charge in [-0.15, -0.1) is 0 Å². The Hall–Kier alpha value is -1.84. The molecule has 0 saturated carbocycles. The molecular weight excluding hydrogens is 188 g/mol. The minimum Gasteiger partial charge on any atom is -0.324 e. The molecular formula is C11H14N4. The Morgan fingerprint density at radius 2 is 2.20 bits per heavy atom. The predicted octanol–water partition coefficient (Wildman–Crippen LogP) is 2.35. The minimum absolute atomic E-state index is 0.850. The van der Waals surface area contributed by atoms with E-state index in [0.717, 1.165) is 23.9 Å². The van der Waals surface area contributed by atoms with Crippen molar-refractivity contribution in [3.8, 4) is 0 Å². The number of nitrogens with one attached hydrogen (secondary N) is 1. The molecule has 0 aliphatic rings. The van der Waals surface area contributed by atoms with Gasteiger partial charge in [0.05, 0.1) is 11.9 Å². The summed E-state index contributed by atoms with van der Waals surface area (Å²) in [6, 6.07) is 3.97. The van der Waals surface area contributed by atoms with Gasteiger partial charge in [-0.25, -0.2) is 4.98 Å². The van der Waals surface area contributed by atoms with Crippen molar-refractivity contribution in [2.75, 3.05) is 5.32 Å². The highest BCUT2D eigenvalue weighted by molar-refractivity contribution is 5.51. The molecule has 78 valence electrons. The summed E-state index contributed by atoms with van der Waals surface area (Å²) in [6.45, 7) is 4.96. The summed E-state index contributed by atoms with van der Waals surface area (Å²) in [4.78, 5) is 8.44. The lowest BCUT2D eigenvalue weighted by Crippen LogP contribution is -2.01. The lowest BCUT2D eigenvalue weighted by molar-refractivity contribution is 0.771. The van der Waals surface area contributed by atoms with Crippen molar-refractivity contribution < 1.29 is 0 Å². The van der Waals surface area contributed by atoms with Crippen molar-refractivity contribution in [1.29, 1.82) is 0 Å². The van der Waals surface area contributed by atoms with Crippen LogP contribution in [0.5, 0.6) is 0 Å². The van der Waals surface area contributed by atoms with E-state index in [9.17, 15) is 0 Å². The van der Waals surface area contributed by atoms with E-state index in [-0.39, 0.29) is 0 Å². The number of nitrogens with zero attached hydrogens (tertiary/aromatic N) is 3. The Morgan fingerprint density at radius 1 is 1.33 bits per heavy atom. The van der Waals surface area contributed by atoms with Crippen LogP contribution in [0.3, 0.4) is 0 Å². The molecule has 0 bridgehead atoms. The molecule has 0 saturated heterocycles. The van der Waals surface area contributed by atoms with E-state index in [2.05, 4.69) is 22.2 Å². The SMILES string of the molecule is CCn1ccnc1Nc1ccc(C)nc1. The van der Waals surface area contributed by atoms with Crippen molar-refractivity contribution in [1.82, 2.24) is 14.5 Å². The lowest BCUT2D eigenvalue weighted by atomic mass is 10.3. The number of rotatable bonds is 3. The highest BCUT2D eigenvalue weighted by atomic mass is 15.2. The Kier molecular flexibility index (Phi) is 2.67. The maximum absolute atomic E-state index is 4.23. The highest BCUT2D eigenvalue weighted by Crippen LogP contribution is 2.13. The molecule has 0 spiro atoms. The van der Waals surface area contributed by atoms with Gasteiger partial charge in [0.1, 0.15) is 0 Å². The van der Waals surface area contributed by atoms with Crippen LogP contribution in [-0.2, 0) is 6.54 Å². The van der Waals surface area contributed by atoms with E-state index in [4.69, 9.17) is 0 Å². The van der Waals surface area contributed by atoms with Crippen molar-refractivity contribution in [2.24, 2.45) is 0 Å². The zero-order chi connectivity index (χ0) is 10.7. The molecule has 2 heterocycles. The number of pyridine rings is 1. The molecule has 1 N–H and O–H groups in total. The van der Waals surface area contributed by atoms with Crippen LogP contribution in [-0.4, -0.2) is 14.5 Å². The van der Waals surface area contributed by atoms with Gasteiger partial charge in [-0.2, -0.15) is 0 Å². The number of anilines is 2. The molecule has 0 amide bonds. The first-order valence-electron chi connectivity index (χ1n) is 5.00. The molecule has 0 aromatic carbocycles. The Balaban J connectivity index is 2.18. The van der Waals surface area contributed by atoms with Crippen LogP contribution in [0.1, 0.15) is 12.6 Å². The van der Waals surface area contributed by atoms with Gasteiger partial charge in [0.2, 0.25) is 5.95 Å². The quantitative estimate of drug-likeness (QED) is 0.830. The standard InChI is InChI=1S/C11H14N4/c1-3-15-7-6-12-11(15)14-10-5-4-9(2)13-8-10/h4-8H,3H2,1-2H3,(H,12,14). The zero-order valence-corrected chi connectivity index (χ0v) is 8.94. The van der Waals surface area contributed by atoms with E-state index in [1.165, 1.54) is 0 Å². The molecule has 2 aromatic heterocycles. The van der Waals surface area contributed by atoms with Gasteiger partial charge in [-0.05, 0) is 26.0 Å². The third-order valence-corrected chi connectivity index (χ3v) is 2.22. The van der Waals surface area contributed by atoms with E-state index < -0.39 is 0 Å². The third-order valence-electron chi connectivity index (χ3n) is 2.22. The molecule has 0 atom stereocenters. The Bertz CT molecular complexity index is 430.